The fraction of sp³-hybridized carbons (Fsp3) is 0.235. The second kappa shape index (κ2) is 6.19. The molecule has 0 heterocycles. The first-order valence-electron chi connectivity index (χ1n) is 6.79. The third kappa shape index (κ3) is 4.07. The van der Waals surface area contributed by atoms with E-state index >= 15 is 0 Å². The summed E-state index contributed by atoms with van der Waals surface area (Å²) in [5.74, 6) is 0. The summed E-state index contributed by atoms with van der Waals surface area (Å²) in [5, 5.41) is 8.95. The normalized spacial score (nSPS) is 12.1. The molecule has 0 amide bonds. The summed E-state index contributed by atoms with van der Waals surface area (Å²) in [6.45, 7) is 1.72. The molecule has 0 aliphatic rings. The third-order valence-corrected chi connectivity index (χ3v) is 3.38. The highest BCUT2D eigenvalue weighted by molar-refractivity contribution is 5.68. The molecule has 1 nitrogen and oxygen atoms in total. The van der Waals surface area contributed by atoms with E-state index in [-0.39, 0.29) is 5.56 Å². The molecule has 0 N–H and O–H groups in total. The Labute approximate surface area is 134 Å². The Morgan fingerprint density at radius 2 is 1.62 bits per heavy atom. The molecule has 24 heavy (non-hydrogen) atoms. The Hall–Kier alpha value is -2.49. The van der Waals surface area contributed by atoms with Crippen LogP contribution in [0, 0.1) is 18.3 Å². The van der Waals surface area contributed by atoms with Gasteiger partial charge in [-0.05, 0) is 35.7 Å². The minimum atomic E-state index is -4.93. The number of benzene rings is 2. The Balaban J connectivity index is 2.74. The quantitative estimate of drug-likeness (QED) is 0.646. The van der Waals surface area contributed by atoms with Crippen molar-refractivity contribution in [1.82, 2.24) is 0 Å². The first-order valence-corrected chi connectivity index (χ1v) is 6.79. The maximum Gasteiger partial charge on any atom is 0.417 e. The molecule has 0 aliphatic heterocycles. The molecule has 0 aromatic heterocycles. The number of rotatable bonds is 2. The Morgan fingerprint density at radius 1 is 0.958 bits per heavy atom. The van der Waals surface area contributed by atoms with Gasteiger partial charge in [-0.2, -0.15) is 31.6 Å². The van der Waals surface area contributed by atoms with Crippen LogP contribution in [0.25, 0.3) is 11.1 Å². The lowest BCUT2D eigenvalue weighted by Gasteiger charge is -2.16. The van der Waals surface area contributed by atoms with Crippen molar-refractivity contribution in [3.05, 3.63) is 58.7 Å². The zero-order valence-corrected chi connectivity index (χ0v) is 12.4. The molecule has 2 aromatic rings. The van der Waals surface area contributed by atoms with Crippen molar-refractivity contribution in [3.8, 4) is 17.2 Å². The SMILES string of the molecule is Cc1cccc(-c2cc(CC(F)(F)F)c(C#N)c(C(F)(F)F)c2)c1. The molecule has 7 heteroatoms. The highest BCUT2D eigenvalue weighted by atomic mass is 19.4. The van der Waals surface area contributed by atoms with Gasteiger partial charge < -0.3 is 0 Å². The molecule has 0 unspecified atom stereocenters. The average molecular weight is 343 g/mol. The van der Waals surface area contributed by atoms with Gasteiger partial charge in [0.2, 0.25) is 0 Å². The molecule has 0 aliphatic carbocycles. The van der Waals surface area contributed by atoms with Crippen LogP contribution in [-0.4, -0.2) is 6.18 Å². The molecule has 126 valence electrons. The van der Waals surface area contributed by atoms with Crippen LogP contribution in [0.3, 0.4) is 0 Å². The van der Waals surface area contributed by atoms with E-state index in [0.29, 0.717) is 11.6 Å². The smallest absolute Gasteiger partial charge is 0.192 e. The summed E-state index contributed by atoms with van der Waals surface area (Å²) >= 11 is 0. The number of hydrogen-bond donors (Lipinski definition) is 0. The van der Waals surface area contributed by atoms with Crippen LogP contribution in [-0.2, 0) is 12.6 Å². The van der Waals surface area contributed by atoms with E-state index < -0.39 is 35.5 Å². The van der Waals surface area contributed by atoms with E-state index in [2.05, 4.69) is 0 Å². The van der Waals surface area contributed by atoms with Crippen molar-refractivity contribution in [2.24, 2.45) is 0 Å². The molecule has 0 fully saturated rings. The molecular weight excluding hydrogens is 332 g/mol. The maximum absolute atomic E-state index is 13.2. The zero-order valence-electron chi connectivity index (χ0n) is 12.4. The summed E-state index contributed by atoms with van der Waals surface area (Å²) < 4.78 is 77.7. The highest BCUT2D eigenvalue weighted by Crippen LogP contribution is 2.38. The van der Waals surface area contributed by atoms with Gasteiger partial charge in [-0.15, -0.1) is 0 Å². The summed E-state index contributed by atoms with van der Waals surface area (Å²) in [5.41, 5.74) is -1.93. The maximum atomic E-state index is 13.2. The van der Waals surface area contributed by atoms with Crippen molar-refractivity contribution in [2.45, 2.75) is 25.7 Å². The predicted octanol–water partition coefficient (Wildman–Crippen LogP) is 5.66. The fourth-order valence-corrected chi connectivity index (χ4v) is 2.40. The van der Waals surface area contributed by atoms with E-state index in [1.54, 1.807) is 25.1 Å². The van der Waals surface area contributed by atoms with Crippen LogP contribution in [0.4, 0.5) is 26.3 Å². The van der Waals surface area contributed by atoms with Gasteiger partial charge in [0.1, 0.15) is 6.07 Å². The first-order chi connectivity index (χ1) is 11.0. The monoisotopic (exact) mass is 343 g/mol. The van der Waals surface area contributed by atoms with Crippen molar-refractivity contribution in [3.63, 3.8) is 0 Å². The van der Waals surface area contributed by atoms with E-state index in [1.165, 1.54) is 12.1 Å². The van der Waals surface area contributed by atoms with E-state index in [4.69, 9.17) is 5.26 Å². The van der Waals surface area contributed by atoms with Crippen LogP contribution in [0.2, 0.25) is 0 Å². The molecule has 0 spiro atoms. The van der Waals surface area contributed by atoms with Crippen LogP contribution < -0.4 is 0 Å². The van der Waals surface area contributed by atoms with Crippen LogP contribution in [0.5, 0.6) is 0 Å². The number of nitrogens with zero attached hydrogens (tertiary/aromatic N) is 1. The van der Waals surface area contributed by atoms with Gasteiger partial charge in [-0.1, -0.05) is 29.8 Å². The lowest BCUT2D eigenvalue weighted by molar-refractivity contribution is -0.138. The number of alkyl halides is 6. The van der Waals surface area contributed by atoms with Crippen molar-refractivity contribution >= 4 is 0 Å². The van der Waals surface area contributed by atoms with E-state index in [9.17, 15) is 26.3 Å². The van der Waals surface area contributed by atoms with Crippen LogP contribution >= 0.6 is 0 Å². The van der Waals surface area contributed by atoms with Gasteiger partial charge in [0.15, 0.2) is 0 Å². The number of nitriles is 1. The fourth-order valence-electron chi connectivity index (χ4n) is 2.40. The molecule has 2 rings (SSSR count). The third-order valence-electron chi connectivity index (χ3n) is 3.38. The van der Waals surface area contributed by atoms with Gasteiger partial charge in [-0.3, -0.25) is 0 Å². The summed E-state index contributed by atoms with van der Waals surface area (Å²) in [6, 6.07) is 9.36. The number of halogens is 6. The molecular formula is C17H11F6N. The number of aryl methyl sites for hydroxylation is 1. The Kier molecular flexibility index (Phi) is 4.61. The van der Waals surface area contributed by atoms with Crippen molar-refractivity contribution < 1.29 is 26.3 Å². The van der Waals surface area contributed by atoms with Crippen LogP contribution in [0.1, 0.15) is 22.3 Å². The summed E-state index contributed by atoms with van der Waals surface area (Å²) in [6.07, 6.45) is -11.2. The minimum absolute atomic E-state index is 0.00993. The van der Waals surface area contributed by atoms with E-state index in [1.807, 2.05) is 0 Å². The zero-order chi connectivity index (χ0) is 18.1. The van der Waals surface area contributed by atoms with Gasteiger partial charge in [-0.25, -0.2) is 0 Å². The molecule has 0 atom stereocenters. The van der Waals surface area contributed by atoms with Gasteiger partial charge in [0, 0.05) is 0 Å². The molecule has 0 saturated heterocycles. The largest absolute Gasteiger partial charge is 0.417 e. The van der Waals surface area contributed by atoms with Crippen LogP contribution in [0.15, 0.2) is 36.4 Å². The Morgan fingerprint density at radius 3 is 2.12 bits per heavy atom. The standard InChI is InChI=1S/C17H11F6N/c1-10-3-2-4-11(5-10)12-6-13(8-16(18,19)20)14(9-24)15(7-12)17(21,22)23/h2-7H,8H2,1H3. The Bertz CT molecular complexity index is 796. The minimum Gasteiger partial charge on any atom is -0.192 e. The van der Waals surface area contributed by atoms with Crippen molar-refractivity contribution in [1.29, 1.82) is 5.26 Å². The predicted molar refractivity (Wildman–Crippen MR) is 76.1 cm³/mol. The molecule has 0 radical (unpaired) electrons. The molecule has 0 bridgehead atoms. The average Bonchev–Trinajstić information content (AvgIpc) is 2.43. The molecule has 0 saturated carbocycles. The second-order valence-corrected chi connectivity index (χ2v) is 5.33. The first kappa shape index (κ1) is 17.9. The lowest BCUT2D eigenvalue weighted by Crippen LogP contribution is -2.16. The van der Waals surface area contributed by atoms with E-state index in [0.717, 1.165) is 11.6 Å². The highest BCUT2D eigenvalue weighted by Gasteiger charge is 2.37. The summed E-state index contributed by atoms with van der Waals surface area (Å²) in [4.78, 5) is 0. The second-order valence-electron chi connectivity index (χ2n) is 5.33. The number of hydrogen-bond acceptors (Lipinski definition) is 1. The topological polar surface area (TPSA) is 23.8 Å². The molecule has 2 aromatic carbocycles. The van der Waals surface area contributed by atoms with Crippen molar-refractivity contribution in [2.75, 3.05) is 0 Å². The summed E-state index contributed by atoms with van der Waals surface area (Å²) in [7, 11) is 0. The van der Waals surface area contributed by atoms with Gasteiger partial charge in [0.25, 0.3) is 0 Å². The lowest BCUT2D eigenvalue weighted by atomic mass is 9.92. The van der Waals surface area contributed by atoms with Gasteiger partial charge >= 0.3 is 12.4 Å². The van der Waals surface area contributed by atoms with Gasteiger partial charge in [0.05, 0.1) is 17.5 Å².